The van der Waals surface area contributed by atoms with Crippen LogP contribution in [0.2, 0.25) is 0 Å². The summed E-state index contributed by atoms with van der Waals surface area (Å²) in [5, 5.41) is 6.53. The van der Waals surface area contributed by atoms with Crippen molar-refractivity contribution in [2.75, 3.05) is 18.1 Å². The number of anilines is 1. The second-order valence-corrected chi connectivity index (χ2v) is 7.72. The van der Waals surface area contributed by atoms with E-state index in [1.807, 2.05) is 0 Å². The van der Waals surface area contributed by atoms with Crippen molar-refractivity contribution in [3.05, 3.63) is 18.1 Å². The van der Waals surface area contributed by atoms with E-state index in [1.165, 1.54) is 0 Å². The van der Waals surface area contributed by atoms with E-state index in [0.29, 0.717) is 12.8 Å². The molecule has 1 aliphatic carbocycles. The van der Waals surface area contributed by atoms with Gasteiger partial charge in [0, 0.05) is 18.9 Å². The molecule has 2 aromatic heterocycles. The fourth-order valence-corrected chi connectivity index (χ4v) is 3.33. The van der Waals surface area contributed by atoms with Crippen LogP contribution >= 0.6 is 0 Å². The van der Waals surface area contributed by atoms with Gasteiger partial charge < -0.3 is 5.32 Å². The quantitative estimate of drug-likeness (QED) is 0.901. The first-order chi connectivity index (χ1) is 10.1. The summed E-state index contributed by atoms with van der Waals surface area (Å²) in [7, 11) is -3.29. The highest BCUT2D eigenvalue weighted by Gasteiger charge is 2.52. The zero-order chi connectivity index (χ0) is 16.2. The SMILES string of the molecule is CS(=O)(=O)C1(CNc2cc(C(F)(F)F)nc3ncnn23)CC1. The van der Waals surface area contributed by atoms with E-state index in [1.54, 1.807) is 0 Å². The Balaban J connectivity index is 1.95. The number of sulfone groups is 1. The van der Waals surface area contributed by atoms with Crippen molar-refractivity contribution in [1.29, 1.82) is 0 Å². The second-order valence-electron chi connectivity index (χ2n) is 5.30. The monoisotopic (exact) mass is 335 g/mol. The van der Waals surface area contributed by atoms with Crippen LogP contribution in [-0.2, 0) is 16.0 Å². The predicted molar refractivity (Wildman–Crippen MR) is 71.1 cm³/mol. The number of hydrogen-bond acceptors (Lipinski definition) is 6. The van der Waals surface area contributed by atoms with E-state index in [0.717, 1.165) is 23.2 Å². The van der Waals surface area contributed by atoms with Crippen LogP contribution in [-0.4, -0.2) is 45.5 Å². The Morgan fingerprint density at radius 1 is 1.41 bits per heavy atom. The van der Waals surface area contributed by atoms with Gasteiger partial charge in [0.05, 0.1) is 4.75 Å². The summed E-state index contributed by atoms with van der Waals surface area (Å²) in [6.07, 6.45) is -1.46. The van der Waals surface area contributed by atoms with Gasteiger partial charge in [-0.3, -0.25) is 0 Å². The van der Waals surface area contributed by atoms with Crippen molar-refractivity contribution in [1.82, 2.24) is 19.6 Å². The van der Waals surface area contributed by atoms with Gasteiger partial charge in [-0.2, -0.15) is 27.8 Å². The molecule has 1 saturated carbocycles. The van der Waals surface area contributed by atoms with Crippen LogP contribution in [0, 0.1) is 0 Å². The lowest BCUT2D eigenvalue weighted by molar-refractivity contribution is -0.141. The third kappa shape index (κ3) is 2.49. The van der Waals surface area contributed by atoms with E-state index < -0.39 is 26.5 Å². The summed E-state index contributed by atoms with van der Waals surface area (Å²) in [6, 6.07) is 0.792. The van der Waals surface area contributed by atoms with Crippen LogP contribution < -0.4 is 5.32 Å². The molecule has 0 bridgehead atoms. The summed E-state index contributed by atoms with van der Waals surface area (Å²) in [6.45, 7) is 0.0160. The Labute approximate surface area is 123 Å². The maximum Gasteiger partial charge on any atom is 0.433 e. The predicted octanol–water partition coefficient (Wildman–Crippen LogP) is 1.13. The number of hydrogen-bond donors (Lipinski definition) is 1. The van der Waals surface area contributed by atoms with E-state index >= 15 is 0 Å². The highest BCUT2D eigenvalue weighted by atomic mass is 32.2. The zero-order valence-corrected chi connectivity index (χ0v) is 12.2. The van der Waals surface area contributed by atoms with Gasteiger partial charge in [0.1, 0.15) is 12.1 Å². The van der Waals surface area contributed by atoms with E-state index in [9.17, 15) is 21.6 Å². The molecular formula is C11H12F3N5O2S. The lowest BCUT2D eigenvalue weighted by Crippen LogP contribution is -2.31. The molecule has 2 heterocycles. The van der Waals surface area contributed by atoms with Crippen molar-refractivity contribution in [2.45, 2.75) is 23.8 Å². The average Bonchev–Trinajstić information content (AvgIpc) is 3.04. The number of nitrogens with zero attached hydrogens (tertiary/aromatic N) is 4. The summed E-state index contributed by atoms with van der Waals surface area (Å²) in [5.41, 5.74) is -1.11. The molecular weight excluding hydrogens is 323 g/mol. The third-order valence-corrected chi connectivity index (χ3v) is 5.85. The first-order valence-electron chi connectivity index (χ1n) is 6.34. The number of alkyl halides is 3. The standard InChI is InChI=1S/C11H12F3N5O2S/c1-22(20,21)10(2-3-10)5-15-8-4-7(11(12,13)14)18-9-16-6-17-19(8)9/h4,6,15H,2-3,5H2,1H3. The topological polar surface area (TPSA) is 89.2 Å². The number of fused-ring (bicyclic) bond motifs is 1. The minimum absolute atomic E-state index is 0.00440. The maximum absolute atomic E-state index is 12.8. The lowest BCUT2D eigenvalue weighted by atomic mass is 10.3. The molecule has 0 amide bonds. The normalized spacial score (nSPS) is 17.6. The van der Waals surface area contributed by atoms with E-state index in [4.69, 9.17) is 0 Å². The molecule has 22 heavy (non-hydrogen) atoms. The van der Waals surface area contributed by atoms with Gasteiger partial charge >= 0.3 is 6.18 Å². The Bertz CT molecular complexity index is 826. The van der Waals surface area contributed by atoms with Crippen molar-refractivity contribution < 1.29 is 21.6 Å². The number of nitrogens with one attached hydrogen (secondary N) is 1. The minimum Gasteiger partial charge on any atom is -0.368 e. The molecule has 1 aliphatic rings. The van der Waals surface area contributed by atoms with Gasteiger partial charge in [-0.15, -0.1) is 0 Å². The van der Waals surface area contributed by atoms with Crippen LogP contribution in [0.15, 0.2) is 12.4 Å². The molecule has 0 aliphatic heterocycles. The molecule has 0 atom stereocenters. The van der Waals surface area contributed by atoms with Gasteiger partial charge in [0.25, 0.3) is 5.78 Å². The first kappa shape index (κ1) is 15.0. The summed E-state index contributed by atoms with van der Waals surface area (Å²) >= 11 is 0. The smallest absolute Gasteiger partial charge is 0.368 e. The minimum atomic E-state index is -4.63. The molecule has 3 rings (SSSR count). The van der Waals surface area contributed by atoms with Gasteiger partial charge in [-0.1, -0.05) is 0 Å². The summed E-state index contributed by atoms with van der Waals surface area (Å²) in [5.74, 6) is -0.203. The maximum atomic E-state index is 12.8. The second kappa shape index (κ2) is 4.54. The molecule has 7 nitrogen and oxygen atoms in total. The van der Waals surface area contributed by atoms with Crippen LogP contribution in [0.5, 0.6) is 0 Å². The summed E-state index contributed by atoms with van der Waals surface area (Å²) < 4.78 is 62.1. The molecule has 0 aromatic carbocycles. The number of aromatic nitrogens is 4. The van der Waals surface area contributed by atoms with Crippen molar-refractivity contribution in [3.63, 3.8) is 0 Å². The lowest BCUT2D eigenvalue weighted by Gasteiger charge is -2.16. The van der Waals surface area contributed by atoms with Crippen LogP contribution in [0.1, 0.15) is 18.5 Å². The van der Waals surface area contributed by atoms with Crippen molar-refractivity contribution in [3.8, 4) is 0 Å². The third-order valence-electron chi connectivity index (χ3n) is 3.73. The van der Waals surface area contributed by atoms with E-state index in [2.05, 4.69) is 20.4 Å². The van der Waals surface area contributed by atoms with Crippen LogP contribution in [0.4, 0.5) is 19.0 Å². The van der Waals surface area contributed by atoms with Crippen LogP contribution in [0.25, 0.3) is 5.78 Å². The molecule has 11 heteroatoms. The Hall–Kier alpha value is -1.91. The van der Waals surface area contributed by atoms with Crippen molar-refractivity contribution >= 4 is 21.4 Å². The number of halogens is 3. The fourth-order valence-electron chi connectivity index (χ4n) is 2.15. The zero-order valence-electron chi connectivity index (χ0n) is 11.4. The highest BCUT2D eigenvalue weighted by molar-refractivity contribution is 7.92. The molecule has 120 valence electrons. The molecule has 0 unspecified atom stereocenters. The fraction of sp³-hybridized carbons (Fsp3) is 0.545. The van der Waals surface area contributed by atoms with E-state index in [-0.39, 0.29) is 18.1 Å². The highest BCUT2D eigenvalue weighted by Crippen LogP contribution is 2.43. The van der Waals surface area contributed by atoms with Gasteiger partial charge in [0.2, 0.25) is 0 Å². The molecule has 1 fully saturated rings. The molecule has 0 saturated heterocycles. The largest absolute Gasteiger partial charge is 0.433 e. The van der Waals surface area contributed by atoms with Gasteiger partial charge in [-0.25, -0.2) is 13.4 Å². The molecule has 2 aromatic rings. The number of rotatable bonds is 4. The molecule has 0 spiro atoms. The van der Waals surface area contributed by atoms with Crippen LogP contribution in [0.3, 0.4) is 0 Å². The molecule has 0 radical (unpaired) electrons. The Kier molecular flexibility index (Phi) is 3.10. The first-order valence-corrected chi connectivity index (χ1v) is 8.23. The Morgan fingerprint density at radius 2 is 2.09 bits per heavy atom. The average molecular weight is 335 g/mol. The van der Waals surface area contributed by atoms with Gasteiger partial charge in [-0.05, 0) is 12.8 Å². The molecule has 1 N–H and O–H groups in total. The van der Waals surface area contributed by atoms with Gasteiger partial charge in [0.15, 0.2) is 15.5 Å². The summed E-state index contributed by atoms with van der Waals surface area (Å²) in [4.78, 5) is 7.03. The van der Waals surface area contributed by atoms with Crippen molar-refractivity contribution in [2.24, 2.45) is 0 Å². The Morgan fingerprint density at radius 3 is 2.64 bits per heavy atom.